The van der Waals surface area contributed by atoms with E-state index in [-0.39, 0.29) is 23.8 Å². The van der Waals surface area contributed by atoms with Crippen LogP contribution in [0.2, 0.25) is 0 Å². The van der Waals surface area contributed by atoms with E-state index in [0.717, 1.165) is 32.5 Å². The van der Waals surface area contributed by atoms with Crippen molar-refractivity contribution in [2.75, 3.05) is 32.7 Å². The average Bonchev–Trinajstić information content (AvgIpc) is 3.27. The lowest BCUT2D eigenvalue weighted by Crippen LogP contribution is -2.48. The monoisotopic (exact) mass is 427 g/mol. The molecule has 1 aromatic heterocycles. The molecule has 1 amide bonds. The minimum atomic E-state index is -0.456. The number of likely N-dealkylation sites (tertiary alicyclic amines) is 1. The number of carbonyl (C=O) groups excluding carboxylic acids is 1. The topological polar surface area (TPSA) is 93.7 Å². The number of morpholine rings is 1. The predicted octanol–water partition coefficient (Wildman–Crippen LogP) is 2.74. The zero-order valence-corrected chi connectivity index (χ0v) is 18.0. The number of hydrogen-bond donors (Lipinski definition) is 0. The van der Waals surface area contributed by atoms with Gasteiger partial charge in [0.15, 0.2) is 0 Å². The van der Waals surface area contributed by atoms with Gasteiger partial charge in [-0.1, -0.05) is 0 Å². The Hall–Kier alpha value is -2.78. The van der Waals surface area contributed by atoms with Crippen LogP contribution in [0.5, 0.6) is 0 Å². The first-order chi connectivity index (χ1) is 14.9. The van der Waals surface area contributed by atoms with Crippen molar-refractivity contribution < 1.29 is 14.5 Å². The fourth-order valence-electron chi connectivity index (χ4n) is 4.72. The number of nitro benzene ring substituents is 1. The molecule has 0 bridgehead atoms. The van der Waals surface area contributed by atoms with Crippen molar-refractivity contribution in [2.24, 2.45) is 5.92 Å². The lowest BCUT2D eigenvalue weighted by molar-refractivity contribution is -0.384. The number of benzene rings is 1. The summed E-state index contributed by atoms with van der Waals surface area (Å²) in [5.74, 6) is 0.409. The summed E-state index contributed by atoms with van der Waals surface area (Å²) in [7, 11) is 0. The zero-order chi connectivity index (χ0) is 22.0. The average molecular weight is 428 g/mol. The molecule has 0 spiro atoms. The first-order valence-electron chi connectivity index (χ1n) is 10.8. The summed E-state index contributed by atoms with van der Waals surface area (Å²) in [6.07, 6.45) is 7.11. The van der Waals surface area contributed by atoms with Crippen LogP contribution in [-0.2, 0) is 4.74 Å². The molecule has 166 valence electrons. The summed E-state index contributed by atoms with van der Waals surface area (Å²) in [6, 6.07) is 4.65. The van der Waals surface area contributed by atoms with Gasteiger partial charge in [-0.25, -0.2) is 4.98 Å². The zero-order valence-electron chi connectivity index (χ0n) is 18.0. The molecule has 9 heteroatoms. The highest BCUT2D eigenvalue weighted by atomic mass is 16.6. The second-order valence-electron chi connectivity index (χ2n) is 8.64. The number of amides is 1. The van der Waals surface area contributed by atoms with Crippen LogP contribution in [0.4, 0.5) is 5.69 Å². The van der Waals surface area contributed by atoms with Crippen LogP contribution in [0.15, 0.2) is 36.9 Å². The van der Waals surface area contributed by atoms with E-state index in [1.54, 1.807) is 29.1 Å². The Morgan fingerprint density at radius 3 is 2.55 bits per heavy atom. The molecule has 2 fully saturated rings. The molecule has 0 N–H and O–H groups in total. The quantitative estimate of drug-likeness (QED) is 0.538. The second-order valence-corrected chi connectivity index (χ2v) is 8.64. The minimum absolute atomic E-state index is 0.103. The van der Waals surface area contributed by atoms with Crippen LogP contribution in [0.3, 0.4) is 0 Å². The molecule has 1 aromatic carbocycles. The fraction of sp³-hybridized carbons (Fsp3) is 0.545. The normalized spacial score (nSPS) is 23.1. The molecule has 0 aliphatic carbocycles. The van der Waals surface area contributed by atoms with Gasteiger partial charge < -0.3 is 14.2 Å². The van der Waals surface area contributed by atoms with Gasteiger partial charge in [-0.3, -0.25) is 19.8 Å². The van der Waals surface area contributed by atoms with Crippen LogP contribution >= 0.6 is 0 Å². The van der Waals surface area contributed by atoms with Gasteiger partial charge in [-0.15, -0.1) is 0 Å². The highest BCUT2D eigenvalue weighted by Crippen LogP contribution is 2.27. The van der Waals surface area contributed by atoms with Crippen LogP contribution in [0, 0.1) is 16.0 Å². The maximum absolute atomic E-state index is 13.0. The SMILES string of the molecule is CC1CN(CC2CCN(C(=O)c3ccc(-n4ccnc4)c([N+](=O)[O-])c3)CC2)CC(C)O1. The Kier molecular flexibility index (Phi) is 6.33. The van der Waals surface area contributed by atoms with Crippen molar-refractivity contribution in [3.05, 3.63) is 52.6 Å². The smallest absolute Gasteiger partial charge is 0.294 e. The van der Waals surface area contributed by atoms with E-state index in [9.17, 15) is 14.9 Å². The number of ether oxygens (including phenoxy) is 1. The molecule has 2 aromatic rings. The molecule has 3 heterocycles. The molecule has 2 aliphatic rings. The standard InChI is InChI=1S/C22H29N5O4/c1-16-12-24(13-17(2)31-16)14-18-5-8-25(9-6-18)22(28)19-3-4-20(21(11-19)27(29)30)26-10-7-23-15-26/h3-4,7,10-11,15-18H,5-6,8-9,12-14H2,1-2H3. The van der Waals surface area contributed by atoms with E-state index in [1.807, 2.05) is 4.90 Å². The number of hydrogen-bond acceptors (Lipinski definition) is 6. The van der Waals surface area contributed by atoms with Crippen molar-refractivity contribution in [3.63, 3.8) is 0 Å². The Balaban J connectivity index is 1.38. The van der Waals surface area contributed by atoms with E-state index < -0.39 is 4.92 Å². The van der Waals surface area contributed by atoms with Gasteiger partial charge in [-0.05, 0) is 44.7 Å². The maximum atomic E-state index is 13.0. The molecule has 0 radical (unpaired) electrons. The number of aromatic nitrogens is 2. The Morgan fingerprint density at radius 1 is 1.23 bits per heavy atom. The fourth-order valence-corrected chi connectivity index (χ4v) is 4.72. The highest BCUT2D eigenvalue weighted by Gasteiger charge is 2.29. The predicted molar refractivity (Wildman–Crippen MR) is 115 cm³/mol. The number of nitrogens with zero attached hydrogens (tertiary/aromatic N) is 5. The maximum Gasteiger partial charge on any atom is 0.294 e. The number of carbonyl (C=O) groups is 1. The van der Waals surface area contributed by atoms with Crippen LogP contribution in [0.25, 0.3) is 5.69 Å². The van der Waals surface area contributed by atoms with Crippen LogP contribution in [-0.4, -0.2) is 75.1 Å². The van der Waals surface area contributed by atoms with E-state index in [1.165, 1.54) is 12.4 Å². The van der Waals surface area contributed by atoms with Gasteiger partial charge >= 0.3 is 0 Å². The highest BCUT2D eigenvalue weighted by molar-refractivity contribution is 5.95. The number of imidazole rings is 1. The minimum Gasteiger partial charge on any atom is -0.373 e. The summed E-state index contributed by atoms with van der Waals surface area (Å²) in [5.41, 5.74) is 0.644. The summed E-state index contributed by atoms with van der Waals surface area (Å²) in [4.78, 5) is 32.4. The van der Waals surface area contributed by atoms with Crippen molar-refractivity contribution in [1.82, 2.24) is 19.4 Å². The van der Waals surface area contributed by atoms with Gasteiger partial charge in [0.05, 0.1) is 23.5 Å². The molecule has 31 heavy (non-hydrogen) atoms. The number of rotatable bonds is 5. The Bertz CT molecular complexity index is 914. The number of piperidine rings is 1. The van der Waals surface area contributed by atoms with E-state index in [0.29, 0.717) is 30.3 Å². The van der Waals surface area contributed by atoms with Crippen LogP contribution < -0.4 is 0 Å². The third-order valence-electron chi connectivity index (χ3n) is 6.12. The summed E-state index contributed by atoms with van der Waals surface area (Å²) in [5, 5.41) is 11.6. The van der Waals surface area contributed by atoms with E-state index in [2.05, 4.69) is 23.7 Å². The van der Waals surface area contributed by atoms with Gasteiger partial charge in [0.25, 0.3) is 11.6 Å². The third kappa shape index (κ3) is 4.94. The van der Waals surface area contributed by atoms with E-state index in [4.69, 9.17) is 4.74 Å². The van der Waals surface area contributed by atoms with Crippen molar-refractivity contribution in [1.29, 1.82) is 0 Å². The molecule has 2 aliphatic heterocycles. The molecular formula is C22H29N5O4. The lowest BCUT2D eigenvalue weighted by atomic mass is 9.95. The van der Waals surface area contributed by atoms with Gasteiger partial charge in [0.2, 0.25) is 0 Å². The van der Waals surface area contributed by atoms with E-state index >= 15 is 0 Å². The molecule has 2 unspecified atom stereocenters. The molecule has 9 nitrogen and oxygen atoms in total. The summed E-state index contributed by atoms with van der Waals surface area (Å²) < 4.78 is 7.39. The molecular weight excluding hydrogens is 398 g/mol. The first kappa shape index (κ1) is 21.5. The Labute approximate surface area is 181 Å². The summed E-state index contributed by atoms with van der Waals surface area (Å²) in [6.45, 7) is 8.52. The Morgan fingerprint density at radius 2 is 1.94 bits per heavy atom. The largest absolute Gasteiger partial charge is 0.373 e. The van der Waals surface area contributed by atoms with Crippen molar-refractivity contribution in [2.45, 2.75) is 38.9 Å². The van der Waals surface area contributed by atoms with Crippen molar-refractivity contribution >= 4 is 11.6 Å². The number of nitro groups is 1. The molecule has 2 saturated heterocycles. The van der Waals surface area contributed by atoms with Gasteiger partial charge in [-0.2, -0.15) is 0 Å². The van der Waals surface area contributed by atoms with Crippen molar-refractivity contribution in [3.8, 4) is 5.69 Å². The summed E-state index contributed by atoms with van der Waals surface area (Å²) >= 11 is 0. The first-order valence-corrected chi connectivity index (χ1v) is 10.8. The molecule has 4 rings (SSSR count). The second kappa shape index (κ2) is 9.15. The lowest BCUT2D eigenvalue weighted by Gasteiger charge is -2.39. The van der Waals surface area contributed by atoms with Gasteiger partial charge in [0.1, 0.15) is 5.69 Å². The van der Waals surface area contributed by atoms with Gasteiger partial charge in [0, 0.05) is 56.7 Å². The third-order valence-corrected chi connectivity index (χ3v) is 6.12. The van der Waals surface area contributed by atoms with Crippen LogP contribution in [0.1, 0.15) is 37.0 Å². The molecule has 0 saturated carbocycles. The molecule has 2 atom stereocenters.